The molecule has 4 heteroatoms. The summed E-state index contributed by atoms with van der Waals surface area (Å²) in [5, 5.41) is 22.0. The molecule has 0 spiro atoms. The highest BCUT2D eigenvalue weighted by Crippen LogP contribution is 2.20. The van der Waals surface area contributed by atoms with Crippen LogP contribution in [0.3, 0.4) is 0 Å². The molecule has 0 saturated carbocycles. The summed E-state index contributed by atoms with van der Waals surface area (Å²) in [7, 11) is 0. The lowest BCUT2D eigenvalue weighted by Crippen LogP contribution is -2.23. The monoisotopic (exact) mass is 289 g/mol. The molecule has 0 radical (unpaired) electrons. The van der Waals surface area contributed by atoms with Crippen molar-refractivity contribution >= 4 is 0 Å². The molecule has 1 aromatic carbocycles. The first-order chi connectivity index (χ1) is 10.2. The van der Waals surface area contributed by atoms with E-state index in [4.69, 9.17) is 9.52 Å². The molecule has 0 aliphatic rings. The predicted molar refractivity (Wildman–Crippen MR) is 81.8 cm³/mol. The Bertz CT molecular complexity index is 522. The zero-order chi connectivity index (χ0) is 15.1. The number of hydrogen-bond acceptors (Lipinski definition) is 4. The maximum Gasteiger partial charge on any atom is 0.129 e. The summed E-state index contributed by atoms with van der Waals surface area (Å²) < 4.78 is 5.44. The van der Waals surface area contributed by atoms with E-state index in [1.807, 2.05) is 31.2 Å². The van der Waals surface area contributed by atoms with Crippen molar-refractivity contribution in [1.82, 2.24) is 5.32 Å². The minimum Gasteiger partial charge on any atom is -0.462 e. The van der Waals surface area contributed by atoms with Crippen LogP contribution in [0.25, 0.3) is 0 Å². The first-order valence-corrected chi connectivity index (χ1v) is 7.31. The lowest BCUT2D eigenvalue weighted by Gasteiger charge is -2.19. The second-order valence-electron chi connectivity index (χ2n) is 5.35. The molecular formula is C17H23NO3. The number of rotatable bonds is 8. The Kier molecular flexibility index (Phi) is 5.99. The zero-order valence-corrected chi connectivity index (χ0v) is 12.3. The van der Waals surface area contributed by atoms with Crippen LogP contribution in [0.15, 0.2) is 46.9 Å². The molecule has 2 rings (SSSR count). The lowest BCUT2D eigenvalue weighted by molar-refractivity contribution is 0.173. The highest BCUT2D eigenvalue weighted by molar-refractivity contribution is 5.20. The van der Waals surface area contributed by atoms with Gasteiger partial charge < -0.3 is 19.9 Å². The van der Waals surface area contributed by atoms with Gasteiger partial charge in [-0.1, -0.05) is 30.3 Å². The van der Waals surface area contributed by atoms with E-state index in [2.05, 4.69) is 17.4 Å². The number of aliphatic hydroxyl groups is 2. The third-order valence-corrected chi connectivity index (χ3v) is 3.46. The molecule has 1 heterocycles. The molecule has 0 aliphatic heterocycles. The number of aliphatic hydroxyl groups excluding tert-OH is 2. The van der Waals surface area contributed by atoms with Gasteiger partial charge >= 0.3 is 0 Å². The van der Waals surface area contributed by atoms with Gasteiger partial charge in [0.05, 0.1) is 12.6 Å². The van der Waals surface area contributed by atoms with Crippen molar-refractivity contribution in [2.45, 2.75) is 38.5 Å². The van der Waals surface area contributed by atoms with Gasteiger partial charge in [0.15, 0.2) is 0 Å². The van der Waals surface area contributed by atoms with E-state index in [0.29, 0.717) is 12.3 Å². The predicted octanol–water partition coefficient (Wildman–Crippen LogP) is 2.42. The van der Waals surface area contributed by atoms with Gasteiger partial charge in [0.25, 0.3) is 0 Å². The van der Waals surface area contributed by atoms with Gasteiger partial charge in [-0.3, -0.25) is 0 Å². The van der Waals surface area contributed by atoms with Gasteiger partial charge in [-0.15, -0.1) is 0 Å². The van der Waals surface area contributed by atoms with Crippen LogP contribution in [0, 0.1) is 0 Å². The highest BCUT2D eigenvalue weighted by atomic mass is 16.4. The summed E-state index contributed by atoms with van der Waals surface area (Å²) >= 11 is 0. The molecule has 2 unspecified atom stereocenters. The number of nitrogens with one attached hydrogen (secondary N) is 1. The molecule has 2 aromatic rings. The minimum absolute atomic E-state index is 0.0747. The van der Waals surface area contributed by atoms with Gasteiger partial charge in [-0.25, -0.2) is 0 Å². The maximum atomic E-state index is 9.66. The summed E-state index contributed by atoms with van der Waals surface area (Å²) in [5.74, 6) is 1.65. The van der Waals surface area contributed by atoms with Gasteiger partial charge in [-0.05, 0) is 37.0 Å². The van der Waals surface area contributed by atoms with E-state index in [-0.39, 0.29) is 18.6 Å². The van der Waals surface area contributed by atoms with Crippen LogP contribution in [-0.2, 0) is 13.2 Å². The Morgan fingerprint density at radius 2 is 1.81 bits per heavy atom. The zero-order valence-electron chi connectivity index (χ0n) is 12.3. The van der Waals surface area contributed by atoms with E-state index in [1.165, 1.54) is 5.56 Å². The van der Waals surface area contributed by atoms with Gasteiger partial charge in [-0.2, -0.15) is 0 Å². The number of benzene rings is 1. The SMILES string of the molecule is CC(O)CC(CNCc1ccc(CO)o1)c1ccccc1. The lowest BCUT2D eigenvalue weighted by atomic mass is 9.93. The fraction of sp³-hybridized carbons (Fsp3) is 0.412. The van der Waals surface area contributed by atoms with Crippen LogP contribution in [-0.4, -0.2) is 22.9 Å². The van der Waals surface area contributed by atoms with E-state index < -0.39 is 0 Å². The topological polar surface area (TPSA) is 65.6 Å². The van der Waals surface area contributed by atoms with Crippen LogP contribution >= 0.6 is 0 Å². The van der Waals surface area contributed by atoms with Gasteiger partial charge in [0, 0.05) is 6.54 Å². The van der Waals surface area contributed by atoms with Crippen LogP contribution in [0.1, 0.15) is 36.3 Å². The minimum atomic E-state index is -0.332. The fourth-order valence-corrected chi connectivity index (χ4v) is 2.45. The summed E-state index contributed by atoms with van der Waals surface area (Å²) in [6.45, 7) is 3.12. The normalized spacial score (nSPS) is 14.0. The molecule has 1 aromatic heterocycles. The van der Waals surface area contributed by atoms with E-state index in [1.54, 1.807) is 6.07 Å². The highest BCUT2D eigenvalue weighted by Gasteiger charge is 2.14. The van der Waals surface area contributed by atoms with Crippen LogP contribution in [0.5, 0.6) is 0 Å². The van der Waals surface area contributed by atoms with Crippen molar-refractivity contribution in [2.75, 3.05) is 6.54 Å². The third-order valence-electron chi connectivity index (χ3n) is 3.46. The van der Waals surface area contributed by atoms with Gasteiger partial charge in [0.2, 0.25) is 0 Å². The molecule has 2 atom stereocenters. The van der Waals surface area contributed by atoms with Crippen LogP contribution < -0.4 is 5.32 Å². The van der Waals surface area contributed by atoms with Crippen LogP contribution in [0.2, 0.25) is 0 Å². The second kappa shape index (κ2) is 7.98. The molecule has 21 heavy (non-hydrogen) atoms. The number of hydrogen-bond donors (Lipinski definition) is 3. The number of furan rings is 1. The molecular weight excluding hydrogens is 266 g/mol. The quantitative estimate of drug-likeness (QED) is 0.698. The van der Waals surface area contributed by atoms with Crippen molar-refractivity contribution in [3.63, 3.8) is 0 Å². The Labute approximate surface area is 125 Å². The summed E-state index contributed by atoms with van der Waals surface area (Å²) in [6.07, 6.45) is 0.387. The average molecular weight is 289 g/mol. The molecule has 0 saturated heterocycles. The molecule has 0 fully saturated rings. The van der Waals surface area contributed by atoms with Crippen molar-refractivity contribution in [3.8, 4) is 0 Å². The van der Waals surface area contributed by atoms with E-state index in [9.17, 15) is 5.11 Å². The van der Waals surface area contributed by atoms with Crippen molar-refractivity contribution in [2.24, 2.45) is 0 Å². The standard InChI is InChI=1S/C17H23NO3/c1-13(20)9-15(14-5-3-2-4-6-14)10-18-11-16-7-8-17(12-19)21-16/h2-8,13,15,18-20H,9-12H2,1H3. The Hall–Kier alpha value is -1.62. The summed E-state index contributed by atoms with van der Waals surface area (Å²) in [6, 6.07) is 13.9. The molecule has 3 N–H and O–H groups in total. The Balaban J connectivity index is 1.90. The molecule has 0 bridgehead atoms. The second-order valence-corrected chi connectivity index (χ2v) is 5.35. The van der Waals surface area contributed by atoms with E-state index >= 15 is 0 Å². The first kappa shape index (κ1) is 15.8. The Morgan fingerprint density at radius 1 is 1.10 bits per heavy atom. The van der Waals surface area contributed by atoms with Crippen LogP contribution in [0.4, 0.5) is 0 Å². The molecule has 114 valence electrons. The summed E-state index contributed by atoms with van der Waals surface area (Å²) in [5.41, 5.74) is 1.22. The maximum absolute atomic E-state index is 9.66. The summed E-state index contributed by atoms with van der Waals surface area (Å²) in [4.78, 5) is 0. The molecule has 0 aliphatic carbocycles. The van der Waals surface area contributed by atoms with Crippen molar-refractivity contribution in [3.05, 3.63) is 59.5 Å². The average Bonchev–Trinajstić information content (AvgIpc) is 2.95. The Morgan fingerprint density at radius 3 is 2.43 bits per heavy atom. The third kappa shape index (κ3) is 5.01. The smallest absolute Gasteiger partial charge is 0.129 e. The van der Waals surface area contributed by atoms with E-state index in [0.717, 1.165) is 18.7 Å². The van der Waals surface area contributed by atoms with Gasteiger partial charge in [0.1, 0.15) is 18.1 Å². The molecule has 4 nitrogen and oxygen atoms in total. The molecule has 0 amide bonds. The first-order valence-electron chi connectivity index (χ1n) is 7.31. The fourth-order valence-electron chi connectivity index (χ4n) is 2.45. The largest absolute Gasteiger partial charge is 0.462 e. The van der Waals surface area contributed by atoms with Crippen molar-refractivity contribution in [1.29, 1.82) is 0 Å². The van der Waals surface area contributed by atoms with Crippen molar-refractivity contribution < 1.29 is 14.6 Å².